The van der Waals surface area contributed by atoms with E-state index < -0.39 is 24.1 Å². The monoisotopic (exact) mass is 410 g/mol. The van der Waals surface area contributed by atoms with Crippen molar-refractivity contribution in [1.29, 1.82) is 0 Å². The van der Waals surface area contributed by atoms with E-state index in [1.54, 1.807) is 7.11 Å². The minimum absolute atomic E-state index is 0.0544. The second-order valence-corrected chi connectivity index (χ2v) is 7.60. The second kappa shape index (κ2) is 10.7. The van der Waals surface area contributed by atoms with Gasteiger partial charge in [0, 0.05) is 7.11 Å². The molecule has 160 valence electrons. The zero-order valence-electron chi connectivity index (χ0n) is 17.8. The van der Waals surface area contributed by atoms with Crippen LogP contribution in [0.25, 0.3) is 0 Å². The first-order valence-electron chi connectivity index (χ1n) is 10.2. The molecule has 0 aliphatic carbocycles. The fraction of sp³-hybridized carbons (Fsp3) is 0.440. The van der Waals surface area contributed by atoms with Crippen LogP contribution in [0.3, 0.4) is 0 Å². The molecule has 1 heterocycles. The Balaban J connectivity index is 1.77. The van der Waals surface area contributed by atoms with Gasteiger partial charge in [0.15, 0.2) is 11.9 Å². The molecule has 1 fully saturated rings. The standard InChI is InChI=1S/C25H30O5/c1-5-25(18-27-16-20-12-8-6-9-13-20)23(28-17-21-14-10-7-11-15-21)22(26-4)24(30-25)29-19(2)3/h1,6-15,19,22-24H,16-18H2,2-4H3/t22-,23-,24?,25?/m0/s1. The van der Waals surface area contributed by atoms with Gasteiger partial charge in [0.25, 0.3) is 0 Å². The summed E-state index contributed by atoms with van der Waals surface area (Å²) in [6, 6.07) is 19.8. The highest BCUT2D eigenvalue weighted by Gasteiger charge is 2.57. The van der Waals surface area contributed by atoms with E-state index in [1.807, 2.05) is 74.5 Å². The number of ether oxygens (including phenoxy) is 5. The Morgan fingerprint density at radius 1 is 1.00 bits per heavy atom. The van der Waals surface area contributed by atoms with Crippen LogP contribution >= 0.6 is 0 Å². The molecule has 0 saturated carbocycles. The van der Waals surface area contributed by atoms with Gasteiger partial charge in [-0.05, 0) is 25.0 Å². The summed E-state index contributed by atoms with van der Waals surface area (Å²) in [4.78, 5) is 0. The molecular formula is C25H30O5. The highest BCUT2D eigenvalue weighted by Crippen LogP contribution is 2.37. The molecule has 0 bridgehead atoms. The van der Waals surface area contributed by atoms with Crippen LogP contribution in [0.15, 0.2) is 60.7 Å². The zero-order chi connectivity index (χ0) is 21.4. The molecule has 0 N–H and O–H groups in total. The van der Waals surface area contributed by atoms with Gasteiger partial charge < -0.3 is 23.7 Å². The van der Waals surface area contributed by atoms with Gasteiger partial charge in [0.2, 0.25) is 0 Å². The molecule has 2 unspecified atom stereocenters. The Hall–Kier alpha value is -2.20. The van der Waals surface area contributed by atoms with Crippen LogP contribution in [0.1, 0.15) is 25.0 Å². The summed E-state index contributed by atoms with van der Waals surface area (Å²) in [7, 11) is 1.61. The van der Waals surface area contributed by atoms with Crippen molar-refractivity contribution in [1.82, 2.24) is 0 Å². The summed E-state index contributed by atoms with van der Waals surface area (Å²) < 4.78 is 30.1. The van der Waals surface area contributed by atoms with Crippen molar-refractivity contribution in [3.63, 3.8) is 0 Å². The lowest BCUT2D eigenvalue weighted by atomic mass is 9.96. The van der Waals surface area contributed by atoms with Gasteiger partial charge in [-0.3, -0.25) is 0 Å². The molecule has 1 aliphatic heterocycles. The minimum Gasteiger partial charge on any atom is -0.373 e. The van der Waals surface area contributed by atoms with Crippen molar-refractivity contribution < 1.29 is 23.7 Å². The topological polar surface area (TPSA) is 46.2 Å². The number of rotatable bonds is 10. The van der Waals surface area contributed by atoms with Crippen LogP contribution in [0.5, 0.6) is 0 Å². The van der Waals surface area contributed by atoms with Gasteiger partial charge in [-0.25, -0.2) is 0 Å². The number of methoxy groups -OCH3 is 1. The average Bonchev–Trinajstić information content (AvgIpc) is 3.05. The number of benzene rings is 2. The Labute approximate surface area is 179 Å². The fourth-order valence-electron chi connectivity index (χ4n) is 3.52. The summed E-state index contributed by atoms with van der Waals surface area (Å²) in [6.07, 6.45) is 4.24. The maximum absolute atomic E-state index is 6.26. The van der Waals surface area contributed by atoms with E-state index in [9.17, 15) is 0 Å². The van der Waals surface area contributed by atoms with Gasteiger partial charge in [0.1, 0.15) is 12.2 Å². The largest absolute Gasteiger partial charge is 0.373 e. The van der Waals surface area contributed by atoms with Crippen molar-refractivity contribution in [3.8, 4) is 12.3 Å². The highest BCUT2D eigenvalue weighted by atomic mass is 16.7. The molecule has 0 spiro atoms. The molecule has 5 heteroatoms. The Kier molecular flexibility index (Phi) is 8.03. The molecule has 0 radical (unpaired) electrons. The van der Waals surface area contributed by atoms with Crippen LogP contribution < -0.4 is 0 Å². The smallest absolute Gasteiger partial charge is 0.188 e. The van der Waals surface area contributed by atoms with E-state index >= 15 is 0 Å². The van der Waals surface area contributed by atoms with E-state index in [-0.39, 0.29) is 12.7 Å². The molecule has 3 rings (SSSR count). The number of hydrogen-bond donors (Lipinski definition) is 0. The molecule has 2 aromatic rings. The molecule has 2 aromatic carbocycles. The predicted octanol–water partition coefficient (Wildman–Crippen LogP) is 3.96. The van der Waals surface area contributed by atoms with Crippen LogP contribution in [-0.2, 0) is 36.9 Å². The highest BCUT2D eigenvalue weighted by molar-refractivity contribution is 5.20. The lowest BCUT2D eigenvalue weighted by molar-refractivity contribution is -0.206. The quantitative estimate of drug-likeness (QED) is 0.555. The molecule has 0 aromatic heterocycles. The third-order valence-electron chi connectivity index (χ3n) is 4.98. The molecule has 1 aliphatic rings. The van der Waals surface area contributed by atoms with E-state index in [0.717, 1.165) is 11.1 Å². The summed E-state index contributed by atoms with van der Waals surface area (Å²) >= 11 is 0. The first-order chi connectivity index (χ1) is 14.6. The van der Waals surface area contributed by atoms with Crippen molar-refractivity contribution in [2.45, 2.75) is 57.3 Å². The summed E-state index contributed by atoms with van der Waals surface area (Å²) in [5.74, 6) is 2.79. The zero-order valence-corrected chi connectivity index (χ0v) is 17.8. The first kappa shape index (κ1) is 22.5. The van der Waals surface area contributed by atoms with E-state index in [1.165, 1.54) is 0 Å². The SMILES string of the molecule is C#CC1(COCc2ccccc2)OC(OC(C)C)[C@@H](OC)[C@@H]1OCc1ccccc1. The van der Waals surface area contributed by atoms with Crippen molar-refractivity contribution in [2.75, 3.05) is 13.7 Å². The molecular weight excluding hydrogens is 380 g/mol. The average molecular weight is 411 g/mol. The Morgan fingerprint density at radius 3 is 2.13 bits per heavy atom. The molecule has 0 amide bonds. The third-order valence-corrected chi connectivity index (χ3v) is 4.98. The van der Waals surface area contributed by atoms with Crippen molar-refractivity contribution in [3.05, 3.63) is 71.8 Å². The van der Waals surface area contributed by atoms with Crippen LogP contribution in [0.4, 0.5) is 0 Å². The van der Waals surface area contributed by atoms with E-state index in [4.69, 9.17) is 30.1 Å². The fourth-order valence-corrected chi connectivity index (χ4v) is 3.52. The lowest BCUT2D eigenvalue weighted by Gasteiger charge is -2.30. The maximum Gasteiger partial charge on any atom is 0.188 e. The second-order valence-electron chi connectivity index (χ2n) is 7.60. The van der Waals surface area contributed by atoms with Gasteiger partial charge in [-0.15, -0.1) is 6.42 Å². The Morgan fingerprint density at radius 2 is 1.60 bits per heavy atom. The van der Waals surface area contributed by atoms with Crippen molar-refractivity contribution >= 4 is 0 Å². The third kappa shape index (κ3) is 5.48. The Bertz CT molecular complexity index is 801. The minimum atomic E-state index is -1.12. The van der Waals surface area contributed by atoms with Gasteiger partial charge in [-0.1, -0.05) is 66.6 Å². The van der Waals surface area contributed by atoms with E-state index in [2.05, 4.69) is 5.92 Å². The van der Waals surface area contributed by atoms with Crippen molar-refractivity contribution in [2.24, 2.45) is 0 Å². The van der Waals surface area contributed by atoms with Crippen LogP contribution in [0.2, 0.25) is 0 Å². The summed E-state index contributed by atoms with van der Waals surface area (Å²) in [5, 5.41) is 0. The molecule has 30 heavy (non-hydrogen) atoms. The number of hydrogen-bond acceptors (Lipinski definition) is 5. The number of terminal acetylenes is 1. The van der Waals surface area contributed by atoms with Gasteiger partial charge in [-0.2, -0.15) is 0 Å². The molecule has 1 saturated heterocycles. The lowest BCUT2D eigenvalue weighted by Crippen LogP contribution is -2.48. The van der Waals surface area contributed by atoms with Crippen LogP contribution in [-0.4, -0.2) is 43.9 Å². The maximum atomic E-state index is 6.26. The van der Waals surface area contributed by atoms with Gasteiger partial charge >= 0.3 is 0 Å². The predicted molar refractivity (Wildman–Crippen MR) is 115 cm³/mol. The van der Waals surface area contributed by atoms with Crippen LogP contribution in [0, 0.1) is 12.3 Å². The summed E-state index contributed by atoms with van der Waals surface area (Å²) in [5.41, 5.74) is 0.975. The molecule has 5 nitrogen and oxygen atoms in total. The summed E-state index contributed by atoms with van der Waals surface area (Å²) in [6.45, 7) is 4.85. The first-order valence-corrected chi connectivity index (χ1v) is 10.2. The molecule has 4 atom stereocenters. The van der Waals surface area contributed by atoms with Gasteiger partial charge in [0.05, 0.1) is 25.9 Å². The van der Waals surface area contributed by atoms with E-state index in [0.29, 0.717) is 13.2 Å². The normalized spacial score (nSPS) is 26.0.